The standard InChI is InChI=1S/C7H5F3N2/c1-3-12-4-5(2)6(11-12)7(8,9)10/h1,4H,2H3. The molecule has 0 fully saturated rings. The number of hydrogen-bond donors (Lipinski definition) is 0. The molecule has 0 amide bonds. The average Bonchev–Trinajstić information content (AvgIpc) is 2.29. The Morgan fingerprint density at radius 1 is 1.58 bits per heavy atom. The fourth-order valence-corrected chi connectivity index (χ4v) is 0.806. The minimum atomic E-state index is -4.42. The van der Waals surface area contributed by atoms with E-state index in [2.05, 4.69) is 5.10 Å². The molecule has 5 heteroatoms. The monoisotopic (exact) mass is 174 g/mol. The first-order valence-electron chi connectivity index (χ1n) is 3.05. The van der Waals surface area contributed by atoms with E-state index in [1.165, 1.54) is 6.92 Å². The molecule has 0 saturated carbocycles. The number of aromatic nitrogens is 2. The molecule has 2 nitrogen and oxygen atoms in total. The molecule has 0 unspecified atom stereocenters. The second-order valence-electron chi connectivity index (χ2n) is 2.23. The molecule has 0 aliphatic heterocycles. The number of halogens is 3. The zero-order chi connectivity index (χ0) is 9.35. The van der Waals surface area contributed by atoms with Crippen molar-refractivity contribution >= 4 is 0 Å². The van der Waals surface area contributed by atoms with Crippen LogP contribution in [0.1, 0.15) is 11.3 Å². The Kier molecular flexibility index (Phi) is 1.84. The van der Waals surface area contributed by atoms with E-state index in [0.717, 1.165) is 10.9 Å². The summed E-state index contributed by atoms with van der Waals surface area (Å²) in [5, 5.41) is 3.16. The van der Waals surface area contributed by atoms with Gasteiger partial charge in [0.1, 0.15) is 0 Å². The number of alkyl halides is 3. The molecule has 0 bridgehead atoms. The summed E-state index contributed by atoms with van der Waals surface area (Å²) in [5.41, 5.74) is -0.902. The van der Waals surface area contributed by atoms with Crippen molar-refractivity contribution < 1.29 is 13.2 Å². The maximum absolute atomic E-state index is 12.1. The summed E-state index contributed by atoms with van der Waals surface area (Å²) in [5.74, 6) is 0. The second kappa shape index (κ2) is 2.55. The van der Waals surface area contributed by atoms with Crippen LogP contribution in [0.25, 0.3) is 0 Å². The van der Waals surface area contributed by atoms with Crippen LogP contribution in [0.4, 0.5) is 13.2 Å². The molecule has 1 rings (SSSR count). The van der Waals surface area contributed by atoms with Gasteiger partial charge in [0.05, 0.1) is 0 Å². The van der Waals surface area contributed by atoms with E-state index in [1.54, 1.807) is 0 Å². The summed E-state index contributed by atoms with van der Waals surface area (Å²) in [7, 11) is 0. The lowest BCUT2D eigenvalue weighted by molar-refractivity contribution is -0.141. The van der Waals surface area contributed by atoms with Crippen molar-refractivity contribution in [3.63, 3.8) is 0 Å². The largest absolute Gasteiger partial charge is 0.435 e. The molecule has 0 N–H and O–H groups in total. The van der Waals surface area contributed by atoms with Crippen molar-refractivity contribution in [2.45, 2.75) is 13.1 Å². The molecule has 1 heterocycles. The minimum absolute atomic E-state index is 0.0282. The third kappa shape index (κ3) is 1.42. The van der Waals surface area contributed by atoms with Crippen LogP contribution in [0.15, 0.2) is 6.20 Å². The van der Waals surface area contributed by atoms with E-state index in [4.69, 9.17) is 6.42 Å². The molecule has 0 aromatic carbocycles. The lowest BCUT2D eigenvalue weighted by atomic mass is 10.3. The highest BCUT2D eigenvalue weighted by molar-refractivity contribution is 5.19. The maximum Gasteiger partial charge on any atom is 0.435 e. The predicted octanol–water partition coefficient (Wildman–Crippen LogP) is 1.65. The van der Waals surface area contributed by atoms with Gasteiger partial charge in [0.25, 0.3) is 0 Å². The first kappa shape index (κ1) is 8.65. The molecule has 0 saturated heterocycles. The molecule has 12 heavy (non-hydrogen) atoms. The lowest BCUT2D eigenvalue weighted by Crippen LogP contribution is -2.08. The van der Waals surface area contributed by atoms with Crippen molar-refractivity contribution in [1.82, 2.24) is 9.78 Å². The van der Waals surface area contributed by atoms with Gasteiger partial charge >= 0.3 is 6.18 Å². The Morgan fingerprint density at radius 2 is 2.17 bits per heavy atom. The van der Waals surface area contributed by atoms with Crippen LogP contribution in [-0.4, -0.2) is 9.78 Å². The normalized spacial score (nSPS) is 11.2. The third-order valence-electron chi connectivity index (χ3n) is 1.30. The molecule has 1 aromatic rings. The van der Waals surface area contributed by atoms with E-state index in [9.17, 15) is 13.2 Å². The van der Waals surface area contributed by atoms with Gasteiger partial charge in [-0.15, -0.1) is 0 Å². The van der Waals surface area contributed by atoms with Gasteiger partial charge in [0.2, 0.25) is 0 Å². The van der Waals surface area contributed by atoms with Gasteiger partial charge in [-0.3, -0.25) is 0 Å². The van der Waals surface area contributed by atoms with Crippen LogP contribution in [0.5, 0.6) is 0 Å². The van der Waals surface area contributed by atoms with E-state index >= 15 is 0 Å². The molecule has 64 valence electrons. The molecule has 0 atom stereocenters. The van der Waals surface area contributed by atoms with Gasteiger partial charge in [-0.1, -0.05) is 6.42 Å². The van der Waals surface area contributed by atoms with Gasteiger partial charge in [-0.2, -0.15) is 23.0 Å². The molecule has 0 spiro atoms. The van der Waals surface area contributed by atoms with Crippen LogP contribution < -0.4 is 0 Å². The number of rotatable bonds is 0. The lowest BCUT2D eigenvalue weighted by Gasteiger charge is -2.01. The van der Waals surface area contributed by atoms with Crippen molar-refractivity contribution in [2.75, 3.05) is 0 Å². The van der Waals surface area contributed by atoms with Gasteiger partial charge in [0, 0.05) is 17.8 Å². The minimum Gasteiger partial charge on any atom is -0.197 e. The summed E-state index contributed by atoms with van der Waals surface area (Å²) in [6.07, 6.45) is 1.59. The first-order valence-corrected chi connectivity index (χ1v) is 3.05. The molecule has 0 radical (unpaired) electrons. The number of hydrogen-bond acceptors (Lipinski definition) is 1. The molecular formula is C7H5F3N2. The highest BCUT2D eigenvalue weighted by Crippen LogP contribution is 2.29. The van der Waals surface area contributed by atoms with Crippen LogP contribution >= 0.6 is 0 Å². The summed E-state index contributed by atoms with van der Waals surface area (Å²) >= 11 is 0. The number of nitrogens with zero attached hydrogens (tertiary/aromatic N) is 2. The van der Waals surface area contributed by atoms with Crippen molar-refractivity contribution in [1.29, 1.82) is 0 Å². The fourth-order valence-electron chi connectivity index (χ4n) is 0.806. The Hall–Kier alpha value is -1.44. The zero-order valence-corrected chi connectivity index (χ0v) is 6.18. The molecule has 0 aliphatic carbocycles. The molecule has 0 aliphatic rings. The summed E-state index contributed by atoms with van der Waals surface area (Å²) in [4.78, 5) is 0. The Balaban J connectivity index is 3.19. The Morgan fingerprint density at radius 3 is 2.42 bits per heavy atom. The quantitative estimate of drug-likeness (QED) is 0.547. The van der Waals surface area contributed by atoms with Crippen LogP contribution in [-0.2, 0) is 6.18 Å². The highest BCUT2D eigenvalue weighted by atomic mass is 19.4. The second-order valence-corrected chi connectivity index (χ2v) is 2.23. The SMILES string of the molecule is C#Cn1cc(C)c(C(F)(F)F)n1. The van der Waals surface area contributed by atoms with Crippen LogP contribution in [0, 0.1) is 19.4 Å². The Bertz CT molecular complexity index is 329. The van der Waals surface area contributed by atoms with E-state index in [0.29, 0.717) is 0 Å². The predicted molar refractivity (Wildman–Crippen MR) is 36.2 cm³/mol. The van der Waals surface area contributed by atoms with Gasteiger partial charge in [-0.05, 0) is 6.92 Å². The zero-order valence-electron chi connectivity index (χ0n) is 6.18. The van der Waals surface area contributed by atoms with E-state index < -0.39 is 11.9 Å². The molecule has 1 aromatic heterocycles. The number of aryl methyl sites for hydroxylation is 1. The van der Waals surface area contributed by atoms with Crippen LogP contribution in [0.2, 0.25) is 0 Å². The van der Waals surface area contributed by atoms with Crippen molar-refractivity contribution in [2.24, 2.45) is 0 Å². The molecular weight excluding hydrogens is 169 g/mol. The maximum atomic E-state index is 12.1. The van der Waals surface area contributed by atoms with E-state index in [1.807, 2.05) is 6.04 Å². The third-order valence-corrected chi connectivity index (χ3v) is 1.30. The van der Waals surface area contributed by atoms with Gasteiger partial charge in [0.15, 0.2) is 5.69 Å². The smallest absolute Gasteiger partial charge is 0.197 e. The van der Waals surface area contributed by atoms with Gasteiger partial charge in [-0.25, -0.2) is 0 Å². The summed E-state index contributed by atoms with van der Waals surface area (Å²) in [6, 6.07) is 1.97. The van der Waals surface area contributed by atoms with Crippen molar-refractivity contribution in [3.05, 3.63) is 17.5 Å². The fraction of sp³-hybridized carbons (Fsp3) is 0.286. The Labute approximate surface area is 67.0 Å². The topological polar surface area (TPSA) is 17.8 Å². The summed E-state index contributed by atoms with van der Waals surface area (Å²) in [6.45, 7) is 1.31. The van der Waals surface area contributed by atoms with Crippen LogP contribution in [0.3, 0.4) is 0 Å². The van der Waals surface area contributed by atoms with Gasteiger partial charge < -0.3 is 0 Å². The average molecular weight is 174 g/mol. The van der Waals surface area contributed by atoms with Crippen molar-refractivity contribution in [3.8, 4) is 12.5 Å². The first-order chi connectivity index (χ1) is 5.45. The number of terminal acetylenes is 1. The highest BCUT2D eigenvalue weighted by Gasteiger charge is 2.35. The summed E-state index contributed by atoms with van der Waals surface area (Å²) < 4.78 is 37.0. The van der Waals surface area contributed by atoms with E-state index in [-0.39, 0.29) is 5.56 Å².